The predicted octanol–water partition coefficient (Wildman–Crippen LogP) is 1.19. The molecule has 1 saturated heterocycles. The number of hydrogen-bond acceptors (Lipinski definition) is 6. The number of hydrogen-bond donors (Lipinski definition) is 2. The first kappa shape index (κ1) is 14.1. The fourth-order valence-electron chi connectivity index (χ4n) is 2.44. The number of pyridine rings is 1. The summed E-state index contributed by atoms with van der Waals surface area (Å²) in [6.07, 6.45) is 2.21. The third-order valence-corrected chi connectivity index (χ3v) is 4.54. The van der Waals surface area contributed by atoms with Gasteiger partial charge in [0.15, 0.2) is 0 Å². The molecule has 1 aliphatic rings. The molecule has 110 valence electrons. The fraction of sp³-hybridized carbons (Fsp3) is 0.357. The molecule has 0 saturated carbocycles. The van der Waals surface area contributed by atoms with Gasteiger partial charge in [0.25, 0.3) is 0 Å². The summed E-state index contributed by atoms with van der Waals surface area (Å²) < 4.78 is 0. The van der Waals surface area contributed by atoms with E-state index in [0.717, 1.165) is 16.4 Å². The number of thiazole rings is 1. The van der Waals surface area contributed by atoms with E-state index in [9.17, 15) is 4.79 Å². The van der Waals surface area contributed by atoms with E-state index in [1.807, 2.05) is 28.5 Å². The number of carboxylic acids is 1. The zero-order chi connectivity index (χ0) is 14.9. The Bertz CT molecular complexity index is 645. The Kier molecular flexibility index (Phi) is 3.71. The van der Waals surface area contributed by atoms with Crippen LogP contribution in [0.1, 0.15) is 12.1 Å². The van der Waals surface area contributed by atoms with Gasteiger partial charge in [-0.25, -0.2) is 4.98 Å². The first-order valence-corrected chi connectivity index (χ1v) is 7.55. The second-order valence-corrected chi connectivity index (χ2v) is 6.14. The maximum atomic E-state index is 11.1. The van der Waals surface area contributed by atoms with Crippen LogP contribution in [0.3, 0.4) is 0 Å². The van der Waals surface area contributed by atoms with E-state index in [2.05, 4.69) is 9.97 Å². The lowest BCUT2D eigenvalue weighted by molar-refractivity contribution is -0.142. The number of carbonyl (C=O) groups is 1. The van der Waals surface area contributed by atoms with Gasteiger partial charge in [-0.3, -0.25) is 14.7 Å². The highest BCUT2D eigenvalue weighted by Crippen LogP contribution is 2.25. The standard InChI is InChI=1S/C14H16N4O2S/c15-14(13(19)20)4-6-18(9-14)7-10-8-21-12(17-10)11-3-1-2-5-16-11/h1-3,5,8H,4,6-7,9,15H2,(H,19,20). The molecule has 3 N–H and O–H groups in total. The number of carboxylic acid groups (broad SMARTS) is 1. The van der Waals surface area contributed by atoms with Crippen LogP contribution in [0.4, 0.5) is 0 Å². The summed E-state index contributed by atoms with van der Waals surface area (Å²) in [5.74, 6) is -0.933. The van der Waals surface area contributed by atoms with Crippen LogP contribution in [-0.4, -0.2) is 44.6 Å². The van der Waals surface area contributed by atoms with Crippen LogP contribution < -0.4 is 5.73 Å². The van der Waals surface area contributed by atoms with E-state index in [4.69, 9.17) is 10.8 Å². The van der Waals surface area contributed by atoms with Crippen molar-refractivity contribution in [2.75, 3.05) is 13.1 Å². The van der Waals surface area contributed by atoms with Gasteiger partial charge in [-0.1, -0.05) is 6.07 Å². The summed E-state index contributed by atoms with van der Waals surface area (Å²) in [6.45, 7) is 1.66. The molecule has 21 heavy (non-hydrogen) atoms. The van der Waals surface area contributed by atoms with Crippen molar-refractivity contribution in [3.8, 4) is 10.7 Å². The van der Waals surface area contributed by atoms with E-state index in [1.165, 1.54) is 0 Å². The number of likely N-dealkylation sites (tertiary alicyclic amines) is 1. The van der Waals surface area contributed by atoms with Gasteiger partial charge < -0.3 is 10.8 Å². The lowest BCUT2D eigenvalue weighted by Crippen LogP contribution is -2.50. The quantitative estimate of drug-likeness (QED) is 0.881. The van der Waals surface area contributed by atoms with E-state index < -0.39 is 11.5 Å². The minimum absolute atomic E-state index is 0.360. The molecule has 3 rings (SSSR count). The van der Waals surface area contributed by atoms with Gasteiger partial charge in [-0.2, -0.15) is 0 Å². The van der Waals surface area contributed by atoms with Crippen LogP contribution >= 0.6 is 11.3 Å². The molecular weight excluding hydrogens is 288 g/mol. The van der Waals surface area contributed by atoms with Gasteiger partial charge in [0.1, 0.15) is 10.5 Å². The first-order chi connectivity index (χ1) is 10.1. The SMILES string of the molecule is NC1(C(=O)O)CCN(Cc2csc(-c3ccccn3)n2)C1. The molecule has 2 aromatic heterocycles. The molecule has 1 unspecified atom stereocenters. The third-order valence-electron chi connectivity index (χ3n) is 3.63. The summed E-state index contributed by atoms with van der Waals surface area (Å²) in [7, 11) is 0. The van der Waals surface area contributed by atoms with Gasteiger partial charge in [-0.15, -0.1) is 11.3 Å². The minimum atomic E-state index is -1.13. The maximum Gasteiger partial charge on any atom is 0.325 e. The topological polar surface area (TPSA) is 92.3 Å². The Balaban J connectivity index is 1.68. The lowest BCUT2D eigenvalue weighted by Gasteiger charge is -2.19. The second-order valence-electron chi connectivity index (χ2n) is 5.28. The highest BCUT2D eigenvalue weighted by Gasteiger charge is 2.41. The molecular formula is C14H16N4O2S. The van der Waals surface area contributed by atoms with Gasteiger partial charge in [-0.05, 0) is 18.6 Å². The monoisotopic (exact) mass is 304 g/mol. The predicted molar refractivity (Wildman–Crippen MR) is 79.8 cm³/mol. The third kappa shape index (κ3) is 2.94. The normalized spacial score (nSPS) is 22.5. The summed E-state index contributed by atoms with van der Waals surface area (Å²) in [4.78, 5) is 22.0. The Morgan fingerprint density at radius 2 is 2.38 bits per heavy atom. The Labute approximate surface area is 126 Å². The largest absolute Gasteiger partial charge is 0.480 e. The lowest BCUT2D eigenvalue weighted by atomic mass is 10.0. The van der Waals surface area contributed by atoms with Crippen molar-refractivity contribution in [1.82, 2.24) is 14.9 Å². The first-order valence-electron chi connectivity index (χ1n) is 6.67. The molecule has 6 nitrogen and oxygen atoms in total. The second kappa shape index (κ2) is 5.51. The highest BCUT2D eigenvalue weighted by atomic mass is 32.1. The van der Waals surface area contributed by atoms with Gasteiger partial charge >= 0.3 is 5.97 Å². The van der Waals surface area contributed by atoms with E-state index >= 15 is 0 Å². The van der Waals surface area contributed by atoms with Crippen LogP contribution in [0.2, 0.25) is 0 Å². The smallest absolute Gasteiger partial charge is 0.325 e. The van der Waals surface area contributed by atoms with Gasteiger partial charge in [0.2, 0.25) is 0 Å². The van der Waals surface area contributed by atoms with Crippen LogP contribution in [-0.2, 0) is 11.3 Å². The summed E-state index contributed by atoms with van der Waals surface area (Å²) >= 11 is 1.54. The average Bonchev–Trinajstić information content (AvgIpc) is 3.08. The molecule has 1 aliphatic heterocycles. The number of aromatic nitrogens is 2. The minimum Gasteiger partial charge on any atom is -0.480 e. The van der Waals surface area contributed by atoms with Crippen molar-refractivity contribution in [2.24, 2.45) is 5.73 Å². The van der Waals surface area contributed by atoms with Crippen molar-refractivity contribution < 1.29 is 9.90 Å². The average molecular weight is 304 g/mol. The van der Waals surface area contributed by atoms with Gasteiger partial charge in [0.05, 0.1) is 11.4 Å². The Morgan fingerprint density at radius 1 is 1.52 bits per heavy atom. The zero-order valence-corrected chi connectivity index (χ0v) is 12.2. The molecule has 3 heterocycles. The summed E-state index contributed by atoms with van der Waals surface area (Å²) in [5, 5.41) is 12.0. The number of rotatable bonds is 4. The summed E-state index contributed by atoms with van der Waals surface area (Å²) in [5.41, 5.74) is 6.53. The summed E-state index contributed by atoms with van der Waals surface area (Å²) in [6, 6.07) is 5.72. The van der Waals surface area contributed by atoms with Crippen LogP contribution in [0, 0.1) is 0 Å². The number of aliphatic carboxylic acids is 1. The van der Waals surface area contributed by atoms with Gasteiger partial charge in [0, 0.05) is 31.2 Å². The molecule has 0 amide bonds. The van der Waals surface area contributed by atoms with E-state index in [1.54, 1.807) is 17.5 Å². The van der Waals surface area contributed by atoms with Crippen LogP contribution in [0.5, 0.6) is 0 Å². The van der Waals surface area contributed by atoms with E-state index in [-0.39, 0.29) is 0 Å². The zero-order valence-electron chi connectivity index (χ0n) is 11.4. The van der Waals surface area contributed by atoms with Crippen molar-refractivity contribution in [3.05, 3.63) is 35.5 Å². The number of nitrogens with zero attached hydrogens (tertiary/aromatic N) is 3. The molecule has 7 heteroatoms. The fourth-order valence-corrected chi connectivity index (χ4v) is 3.23. The Morgan fingerprint density at radius 3 is 3.05 bits per heavy atom. The molecule has 0 radical (unpaired) electrons. The van der Waals surface area contributed by atoms with Crippen molar-refractivity contribution >= 4 is 17.3 Å². The molecule has 1 fully saturated rings. The number of nitrogens with two attached hydrogens (primary N) is 1. The molecule has 0 bridgehead atoms. The molecule has 0 aliphatic carbocycles. The van der Waals surface area contributed by atoms with Crippen molar-refractivity contribution in [2.45, 2.75) is 18.5 Å². The molecule has 0 aromatic carbocycles. The van der Waals surface area contributed by atoms with Crippen LogP contribution in [0.15, 0.2) is 29.8 Å². The molecule has 2 aromatic rings. The van der Waals surface area contributed by atoms with Crippen molar-refractivity contribution in [1.29, 1.82) is 0 Å². The molecule has 1 atom stereocenters. The maximum absolute atomic E-state index is 11.1. The van der Waals surface area contributed by atoms with Crippen LogP contribution in [0.25, 0.3) is 10.7 Å². The molecule has 0 spiro atoms. The Hall–Kier alpha value is -1.83. The van der Waals surface area contributed by atoms with E-state index in [0.29, 0.717) is 26.1 Å². The van der Waals surface area contributed by atoms with Crippen molar-refractivity contribution in [3.63, 3.8) is 0 Å². The highest BCUT2D eigenvalue weighted by molar-refractivity contribution is 7.13.